The van der Waals surface area contributed by atoms with E-state index < -0.39 is 0 Å². The van der Waals surface area contributed by atoms with Crippen LogP contribution in [-0.4, -0.2) is 5.54 Å². The molecular formula is C8H19NNb-2. The number of hydrogen-bond acceptors (Lipinski definition) is 1. The molecule has 0 radical (unpaired) electrons. The van der Waals surface area contributed by atoms with Gasteiger partial charge in [0.15, 0.2) is 0 Å². The molecule has 0 aromatic rings. The van der Waals surface area contributed by atoms with Crippen LogP contribution in [0.3, 0.4) is 0 Å². The first-order valence-electron chi connectivity index (χ1n) is 3.34. The molecule has 0 aliphatic carbocycles. The minimum absolute atomic E-state index is 0.189. The van der Waals surface area contributed by atoms with Gasteiger partial charge in [-0.1, -0.05) is 0 Å². The van der Waals surface area contributed by atoms with E-state index in [-0.39, 0.29) is 5.54 Å². The second-order valence-electron chi connectivity index (χ2n) is 2.27. The molecule has 0 aromatic heterocycles. The molecule has 0 spiro atoms. The fourth-order valence-electron chi connectivity index (χ4n) is 0. The fourth-order valence-corrected chi connectivity index (χ4v) is 0. The van der Waals surface area contributed by atoms with Crippen molar-refractivity contribution >= 4 is 0 Å². The van der Waals surface area contributed by atoms with Crippen LogP contribution in [-0.2, 0) is 20.9 Å². The molecule has 0 unspecified atom stereocenters. The molecule has 0 fully saturated rings. The van der Waals surface area contributed by atoms with Gasteiger partial charge in [-0.25, -0.2) is 0 Å². The van der Waals surface area contributed by atoms with Gasteiger partial charge in [0.2, 0.25) is 0 Å². The smallest absolute Gasteiger partial charge is 0.194 e. The molecule has 0 saturated heterocycles. The van der Waals surface area contributed by atoms with Crippen LogP contribution in [0, 0.1) is 13.8 Å². The second-order valence-corrected chi connectivity index (χ2v) is 2.76. The topological polar surface area (TPSA) is 12.4 Å². The average molecular weight is 222 g/mol. The van der Waals surface area contributed by atoms with Gasteiger partial charge in [0.25, 0.3) is 0 Å². The van der Waals surface area contributed by atoms with E-state index in [9.17, 15) is 0 Å². The molecule has 0 N–H and O–H groups in total. The third-order valence-electron chi connectivity index (χ3n) is 0.300. The van der Waals surface area contributed by atoms with Crippen molar-refractivity contribution in [2.24, 2.45) is 3.34 Å². The molecule has 0 atom stereocenters. The summed E-state index contributed by atoms with van der Waals surface area (Å²) in [7, 11) is 0. The Morgan fingerprint density at radius 2 is 1.10 bits per heavy atom. The number of rotatable bonds is 0. The fraction of sp³-hybridized carbons (Fsp3) is 0.750. The summed E-state index contributed by atoms with van der Waals surface area (Å²) in [5.74, 6) is 0. The van der Waals surface area contributed by atoms with Gasteiger partial charge in [-0.15, -0.1) is 0 Å². The first kappa shape index (κ1) is 16.9. The standard InChI is InChI=1S/C4H9N.2C2H5.Nb/c1-4(2,3)5;2*1-2;/h1-3H3;2*1H2,2H3;/q;2*-1;. The van der Waals surface area contributed by atoms with Crippen molar-refractivity contribution in [2.45, 2.75) is 40.2 Å². The van der Waals surface area contributed by atoms with Gasteiger partial charge >= 0.3 is 50.5 Å². The molecular weight excluding hydrogens is 203 g/mol. The summed E-state index contributed by atoms with van der Waals surface area (Å²) in [5, 5.41) is 0. The van der Waals surface area contributed by atoms with Crippen LogP contribution in [0.15, 0.2) is 3.34 Å². The van der Waals surface area contributed by atoms with Crippen molar-refractivity contribution in [1.29, 1.82) is 0 Å². The molecule has 0 aromatic carbocycles. The zero-order valence-electron chi connectivity index (χ0n) is 7.81. The maximum atomic E-state index is 4.07. The Kier molecular flexibility index (Phi) is 20.7. The quantitative estimate of drug-likeness (QED) is 0.441. The first-order valence-corrected chi connectivity index (χ1v) is 4.32. The van der Waals surface area contributed by atoms with Crippen molar-refractivity contribution in [2.75, 3.05) is 0 Å². The molecule has 0 aliphatic heterocycles. The Morgan fingerprint density at radius 1 is 1.00 bits per heavy atom. The van der Waals surface area contributed by atoms with E-state index in [1.807, 2.05) is 0 Å². The zero-order valence-corrected chi connectivity index (χ0v) is 10.0. The van der Waals surface area contributed by atoms with E-state index in [1.54, 1.807) is 13.8 Å². The predicted molar refractivity (Wildman–Crippen MR) is 44.2 cm³/mol. The molecule has 0 heterocycles. The van der Waals surface area contributed by atoms with Crippen molar-refractivity contribution in [3.63, 3.8) is 0 Å². The summed E-state index contributed by atoms with van der Waals surface area (Å²) < 4.78 is 4.07. The summed E-state index contributed by atoms with van der Waals surface area (Å²) in [6.45, 7) is 16.3. The first-order chi connectivity index (χ1) is 4.56. The molecule has 2 heteroatoms. The second kappa shape index (κ2) is 12.2. The van der Waals surface area contributed by atoms with Crippen LogP contribution >= 0.6 is 0 Å². The SMILES string of the molecule is CC(C)(C)[N]=[Nb].[CH2-]C.[CH2-]C. The van der Waals surface area contributed by atoms with Gasteiger partial charge in [-0.05, 0) is 0 Å². The molecule has 0 saturated carbocycles. The van der Waals surface area contributed by atoms with Gasteiger partial charge in [0, 0.05) is 0 Å². The van der Waals surface area contributed by atoms with Crippen molar-refractivity contribution in [3.05, 3.63) is 13.8 Å². The Hall–Kier alpha value is 0.540. The largest absolute Gasteiger partial charge is 0.346 e. The van der Waals surface area contributed by atoms with E-state index in [4.69, 9.17) is 0 Å². The molecule has 0 rings (SSSR count). The number of nitrogens with zero attached hydrogens (tertiary/aromatic N) is 1. The third-order valence-corrected chi connectivity index (χ3v) is 1.77. The molecule has 63 valence electrons. The van der Waals surface area contributed by atoms with Gasteiger partial charge in [0.05, 0.1) is 0 Å². The number of hydrogen-bond donors (Lipinski definition) is 0. The molecule has 0 aliphatic rings. The molecule has 10 heavy (non-hydrogen) atoms. The summed E-state index contributed by atoms with van der Waals surface area (Å²) in [5.41, 5.74) is 0.189. The maximum absolute atomic E-state index is 4.07. The van der Waals surface area contributed by atoms with E-state index >= 15 is 0 Å². The van der Waals surface area contributed by atoms with Crippen LogP contribution in [0.1, 0.15) is 34.6 Å². The van der Waals surface area contributed by atoms with E-state index in [1.165, 1.54) is 20.9 Å². The monoisotopic (exact) mass is 222 g/mol. The summed E-state index contributed by atoms with van der Waals surface area (Å²) in [4.78, 5) is 0. The molecule has 0 amide bonds. The van der Waals surface area contributed by atoms with Crippen molar-refractivity contribution in [1.82, 2.24) is 0 Å². The Bertz CT molecular complexity index is 54.8. The molecule has 1 nitrogen and oxygen atoms in total. The van der Waals surface area contributed by atoms with Gasteiger partial charge in [0.1, 0.15) is 0 Å². The third kappa shape index (κ3) is 38.7. The normalized spacial score (nSPS) is 7.80. The van der Waals surface area contributed by atoms with E-state index in [0.717, 1.165) is 0 Å². The Labute approximate surface area is 78.4 Å². The van der Waals surface area contributed by atoms with Gasteiger partial charge < -0.3 is 13.8 Å². The Balaban J connectivity index is -0.000000105. The van der Waals surface area contributed by atoms with Crippen LogP contribution in [0.2, 0.25) is 0 Å². The summed E-state index contributed by atoms with van der Waals surface area (Å²) >= 11 is 1.52. The van der Waals surface area contributed by atoms with Crippen LogP contribution in [0.25, 0.3) is 0 Å². The van der Waals surface area contributed by atoms with Crippen LogP contribution in [0.5, 0.6) is 0 Å². The van der Waals surface area contributed by atoms with Gasteiger partial charge in [-0.2, -0.15) is 13.8 Å². The summed E-state index contributed by atoms with van der Waals surface area (Å²) in [6, 6.07) is 0. The maximum Gasteiger partial charge on any atom is -0.194 e. The molecule has 0 bridgehead atoms. The minimum Gasteiger partial charge on any atom is -0.346 e. The predicted octanol–water partition coefficient (Wildman–Crippen LogP) is 3.20. The van der Waals surface area contributed by atoms with Crippen LogP contribution < -0.4 is 0 Å². The van der Waals surface area contributed by atoms with Crippen molar-refractivity contribution < 1.29 is 20.9 Å². The average Bonchev–Trinajstić information content (AvgIpc) is 1.95. The minimum atomic E-state index is 0.189. The van der Waals surface area contributed by atoms with E-state index in [2.05, 4.69) is 38.0 Å². The van der Waals surface area contributed by atoms with Crippen molar-refractivity contribution in [3.8, 4) is 0 Å². The van der Waals surface area contributed by atoms with E-state index in [0.29, 0.717) is 0 Å². The summed E-state index contributed by atoms with van der Waals surface area (Å²) in [6.07, 6.45) is 0. The van der Waals surface area contributed by atoms with Gasteiger partial charge in [-0.3, -0.25) is 0 Å². The Morgan fingerprint density at radius 3 is 1.10 bits per heavy atom. The van der Waals surface area contributed by atoms with Crippen LogP contribution in [0.4, 0.5) is 0 Å². The zero-order chi connectivity index (χ0) is 9.21.